The lowest BCUT2D eigenvalue weighted by Crippen LogP contribution is -2.28. The van der Waals surface area contributed by atoms with Gasteiger partial charge in [0.25, 0.3) is 11.1 Å². The minimum Gasteiger partial charge on any atom is -0.340 e. The number of carbonyl (C=O) groups is 2. The third-order valence-electron chi connectivity index (χ3n) is 5.16. The topological polar surface area (TPSA) is 42.3 Å². The molecule has 0 unspecified atom stereocenters. The zero-order valence-electron chi connectivity index (χ0n) is 16.3. The van der Waals surface area contributed by atoms with E-state index in [9.17, 15) is 9.59 Å². The van der Waals surface area contributed by atoms with Crippen molar-refractivity contribution in [3.05, 3.63) is 75.3 Å². The molecule has 4 rings (SSSR count). The van der Waals surface area contributed by atoms with Gasteiger partial charge in [-0.2, -0.15) is 0 Å². The summed E-state index contributed by atoms with van der Waals surface area (Å²) in [6, 6.07) is 15.9. The summed E-state index contributed by atoms with van der Waals surface area (Å²) in [5.41, 5.74) is 4.11. The molecule has 0 N–H and O–H groups in total. The number of hydrogen-bond donors (Lipinski definition) is 0. The molecule has 0 spiro atoms. The molecule has 2 heterocycles. The highest BCUT2D eigenvalue weighted by Gasteiger charge is 2.34. The van der Waals surface area contributed by atoms with Crippen molar-refractivity contribution in [3.8, 4) is 0 Å². The Morgan fingerprint density at radius 1 is 1.07 bits per heavy atom. The maximum atomic E-state index is 12.7. The van der Waals surface area contributed by atoms with Gasteiger partial charge < -0.3 is 4.57 Å². The van der Waals surface area contributed by atoms with Crippen LogP contribution in [0.15, 0.2) is 53.4 Å². The molecule has 0 aliphatic carbocycles. The number of fused-ring (bicyclic) bond motifs is 1. The van der Waals surface area contributed by atoms with Gasteiger partial charge in [-0.25, -0.2) is 0 Å². The van der Waals surface area contributed by atoms with E-state index in [2.05, 4.69) is 10.6 Å². The third-order valence-corrected chi connectivity index (χ3v) is 6.44. The van der Waals surface area contributed by atoms with E-state index in [4.69, 9.17) is 11.6 Å². The lowest BCUT2D eigenvalue weighted by atomic mass is 10.1. The summed E-state index contributed by atoms with van der Waals surface area (Å²) in [5, 5.41) is 1.59. The standard InChI is InChI=1S/C23H21ClN2O2S/c1-3-12-25-22(27)21(29-23(25)28)13-18-15(2)26(20-11-7-5-9-17(18)20)14-16-8-4-6-10-19(16)24/h4-11,13H,3,12,14H2,1-2H3/b21-13+. The van der Waals surface area contributed by atoms with Crippen molar-refractivity contribution in [2.24, 2.45) is 0 Å². The van der Waals surface area contributed by atoms with Crippen LogP contribution in [0.3, 0.4) is 0 Å². The predicted molar refractivity (Wildman–Crippen MR) is 120 cm³/mol. The number of aromatic nitrogens is 1. The van der Waals surface area contributed by atoms with Gasteiger partial charge in [-0.05, 0) is 48.9 Å². The van der Waals surface area contributed by atoms with Crippen LogP contribution >= 0.6 is 23.4 Å². The van der Waals surface area contributed by atoms with E-state index in [-0.39, 0.29) is 11.1 Å². The van der Waals surface area contributed by atoms with Gasteiger partial charge in [0.1, 0.15) is 0 Å². The minimum atomic E-state index is -0.204. The second-order valence-corrected chi connectivity index (χ2v) is 8.43. The van der Waals surface area contributed by atoms with Crippen LogP contribution in [0.1, 0.15) is 30.2 Å². The Hall–Kier alpha value is -2.50. The zero-order chi connectivity index (χ0) is 20.5. The quantitative estimate of drug-likeness (QED) is 0.465. The number of hydrogen-bond acceptors (Lipinski definition) is 3. The maximum absolute atomic E-state index is 12.7. The van der Waals surface area contributed by atoms with E-state index in [1.54, 1.807) is 0 Å². The summed E-state index contributed by atoms with van der Waals surface area (Å²) in [5.74, 6) is -0.204. The fourth-order valence-corrected chi connectivity index (χ4v) is 4.73. The first-order chi connectivity index (χ1) is 14.0. The van der Waals surface area contributed by atoms with Gasteiger partial charge >= 0.3 is 0 Å². The fourth-order valence-electron chi connectivity index (χ4n) is 3.69. The summed E-state index contributed by atoms with van der Waals surface area (Å²) >= 11 is 7.40. The molecule has 29 heavy (non-hydrogen) atoms. The van der Waals surface area contributed by atoms with E-state index in [0.717, 1.165) is 50.9 Å². The van der Waals surface area contributed by atoms with Crippen LogP contribution in [0.5, 0.6) is 0 Å². The number of halogens is 1. The molecule has 2 amide bonds. The smallest absolute Gasteiger partial charge is 0.293 e. The van der Waals surface area contributed by atoms with Gasteiger partial charge in [0.15, 0.2) is 0 Å². The molecule has 0 atom stereocenters. The Balaban J connectivity index is 1.81. The van der Waals surface area contributed by atoms with E-state index in [0.29, 0.717) is 18.0 Å². The van der Waals surface area contributed by atoms with Gasteiger partial charge in [0.2, 0.25) is 0 Å². The van der Waals surface area contributed by atoms with E-state index in [1.807, 2.05) is 62.4 Å². The summed E-state index contributed by atoms with van der Waals surface area (Å²) < 4.78 is 2.21. The number of para-hydroxylation sites is 1. The van der Waals surface area contributed by atoms with Crippen LogP contribution in [-0.4, -0.2) is 27.2 Å². The highest BCUT2D eigenvalue weighted by Crippen LogP contribution is 2.36. The molecule has 1 aliphatic rings. The Bertz CT molecular complexity index is 1150. The Morgan fingerprint density at radius 2 is 1.79 bits per heavy atom. The number of amides is 2. The van der Waals surface area contributed by atoms with Crippen molar-refractivity contribution in [2.75, 3.05) is 6.54 Å². The largest absolute Gasteiger partial charge is 0.340 e. The number of imide groups is 1. The second-order valence-electron chi connectivity index (χ2n) is 7.03. The van der Waals surface area contributed by atoms with Gasteiger partial charge in [0.05, 0.1) is 4.91 Å². The molecule has 1 fully saturated rings. The first-order valence-corrected chi connectivity index (χ1v) is 10.8. The Kier molecular flexibility index (Phi) is 5.52. The van der Waals surface area contributed by atoms with Crippen molar-refractivity contribution in [3.63, 3.8) is 0 Å². The normalized spacial score (nSPS) is 15.8. The number of thioether (sulfide) groups is 1. The molecular formula is C23H21ClN2O2S. The van der Waals surface area contributed by atoms with Gasteiger partial charge in [-0.15, -0.1) is 0 Å². The average molecular weight is 425 g/mol. The van der Waals surface area contributed by atoms with E-state index in [1.165, 1.54) is 4.90 Å². The SMILES string of the molecule is CCCN1C(=O)S/C(=C/c2c(C)n(Cc3ccccc3Cl)c3ccccc23)C1=O. The average Bonchev–Trinajstić information content (AvgIpc) is 3.13. The van der Waals surface area contributed by atoms with Gasteiger partial charge in [-0.3, -0.25) is 14.5 Å². The summed E-state index contributed by atoms with van der Waals surface area (Å²) in [6.45, 7) is 5.09. The van der Waals surface area contributed by atoms with Crippen LogP contribution in [0.4, 0.5) is 4.79 Å². The predicted octanol–water partition coefficient (Wildman–Crippen LogP) is 6.10. The van der Waals surface area contributed by atoms with Gasteiger partial charge in [0, 0.05) is 40.3 Å². The van der Waals surface area contributed by atoms with Crippen molar-refractivity contribution >= 4 is 51.5 Å². The number of carbonyl (C=O) groups excluding carboxylic acids is 2. The zero-order valence-corrected chi connectivity index (χ0v) is 17.9. The number of benzene rings is 2. The van der Waals surface area contributed by atoms with Crippen molar-refractivity contribution in [1.82, 2.24) is 9.47 Å². The molecule has 148 valence electrons. The molecule has 0 radical (unpaired) electrons. The van der Waals surface area contributed by atoms with Crippen LogP contribution in [0, 0.1) is 6.92 Å². The molecule has 6 heteroatoms. The molecule has 3 aromatic rings. The van der Waals surface area contributed by atoms with Crippen molar-refractivity contribution < 1.29 is 9.59 Å². The van der Waals surface area contributed by atoms with Crippen molar-refractivity contribution in [1.29, 1.82) is 0 Å². The Labute approximate surface area is 179 Å². The summed E-state index contributed by atoms with van der Waals surface area (Å²) in [6.07, 6.45) is 2.61. The molecule has 4 nitrogen and oxygen atoms in total. The van der Waals surface area contributed by atoms with E-state index >= 15 is 0 Å². The molecule has 1 saturated heterocycles. The highest BCUT2D eigenvalue weighted by molar-refractivity contribution is 8.18. The van der Waals surface area contributed by atoms with Gasteiger partial charge in [-0.1, -0.05) is 54.9 Å². The molecule has 2 aromatic carbocycles. The Morgan fingerprint density at radius 3 is 2.55 bits per heavy atom. The lowest BCUT2D eigenvalue weighted by molar-refractivity contribution is -0.122. The second kappa shape index (κ2) is 8.09. The van der Waals surface area contributed by atoms with Crippen LogP contribution in [-0.2, 0) is 11.3 Å². The number of rotatable bonds is 5. The number of nitrogens with zero attached hydrogens (tertiary/aromatic N) is 2. The lowest BCUT2D eigenvalue weighted by Gasteiger charge is -2.10. The molecular weight excluding hydrogens is 404 g/mol. The minimum absolute atomic E-state index is 0.194. The van der Waals surface area contributed by atoms with Crippen LogP contribution in [0.2, 0.25) is 5.02 Å². The third kappa shape index (κ3) is 3.61. The molecule has 1 aromatic heterocycles. The maximum Gasteiger partial charge on any atom is 0.293 e. The first kappa shape index (κ1) is 19.8. The summed E-state index contributed by atoms with van der Waals surface area (Å²) in [4.78, 5) is 26.7. The summed E-state index contributed by atoms with van der Waals surface area (Å²) in [7, 11) is 0. The first-order valence-electron chi connectivity index (χ1n) is 9.58. The van der Waals surface area contributed by atoms with Crippen molar-refractivity contribution in [2.45, 2.75) is 26.8 Å². The van der Waals surface area contributed by atoms with E-state index < -0.39 is 0 Å². The monoisotopic (exact) mass is 424 g/mol. The fraction of sp³-hybridized carbons (Fsp3) is 0.217. The van der Waals surface area contributed by atoms with Crippen LogP contribution < -0.4 is 0 Å². The molecule has 1 aliphatic heterocycles. The molecule has 0 bridgehead atoms. The van der Waals surface area contributed by atoms with Crippen LogP contribution in [0.25, 0.3) is 17.0 Å². The molecule has 0 saturated carbocycles. The highest BCUT2D eigenvalue weighted by atomic mass is 35.5.